The van der Waals surface area contributed by atoms with Gasteiger partial charge < -0.3 is 10.6 Å². The molecule has 1 unspecified atom stereocenters. The summed E-state index contributed by atoms with van der Waals surface area (Å²) in [4.78, 5) is 11.9. The lowest BCUT2D eigenvalue weighted by Crippen LogP contribution is -2.45. The average Bonchev–Trinajstić information content (AvgIpc) is 2.90. The van der Waals surface area contributed by atoms with E-state index >= 15 is 0 Å². The first-order valence-electron chi connectivity index (χ1n) is 7.04. The van der Waals surface area contributed by atoms with Crippen molar-refractivity contribution in [3.05, 3.63) is 35.4 Å². The summed E-state index contributed by atoms with van der Waals surface area (Å²) in [6, 6.07) is 3.32. The van der Waals surface area contributed by atoms with Gasteiger partial charge >= 0.3 is 0 Å². The fourth-order valence-electron chi connectivity index (χ4n) is 2.42. The topological polar surface area (TPSA) is 41.1 Å². The van der Waals surface area contributed by atoms with Gasteiger partial charge in [0.15, 0.2) is 0 Å². The molecule has 1 aliphatic carbocycles. The molecule has 3 nitrogen and oxygen atoms in total. The lowest BCUT2D eigenvalue weighted by molar-refractivity contribution is -0.123. The Kier molecular flexibility index (Phi) is 5.06. The Morgan fingerprint density at radius 2 is 2.05 bits per heavy atom. The molecule has 110 valence electrons. The van der Waals surface area contributed by atoms with E-state index in [4.69, 9.17) is 0 Å². The van der Waals surface area contributed by atoms with E-state index in [-0.39, 0.29) is 18.5 Å². The van der Waals surface area contributed by atoms with Crippen molar-refractivity contribution in [1.29, 1.82) is 0 Å². The molecule has 1 amide bonds. The number of amides is 1. The highest BCUT2D eigenvalue weighted by Gasteiger charge is 2.20. The second-order valence-electron chi connectivity index (χ2n) is 5.33. The van der Waals surface area contributed by atoms with Crippen LogP contribution in [0.15, 0.2) is 18.2 Å². The number of benzene rings is 1. The Labute approximate surface area is 117 Å². The van der Waals surface area contributed by atoms with Gasteiger partial charge in [0, 0.05) is 24.2 Å². The summed E-state index contributed by atoms with van der Waals surface area (Å²) in [7, 11) is 0. The Morgan fingerprint density at radius 1 is 1.35 bits per heavy atom. The summed E-state index contributed by atoms with van der Waals surface area (Å²) < 4.78 is 26.2. The second kappa shape index (κ2) is 6.79. The van der Waals surface area contributed by atoms with Crippen molar-refractivity contribution < 1.29 is 13.6 Å². The van der Waals surface area contributed by atoms with Gasteiger partial charge in [0.05, 0.1) is 6.04 Å². The van der Waals surface area contributed by atoms with E-state index in [1.807, 2.05) is 0 Å². The fraction of sp³-hybridized carbons (Fsp3) is 0.533. The Bertz CT molecular complexity index is 473. The highest BCUT2D eigenvalue weighted by atomic mass is 19.1. The van der Waals surface area contributed by atoms with Crippen molar-refractivity contribution in [2.45, 2.75) is 51.2 Å². The SMILES string of the molecule is CC(NCc1ccc(F)cc1F)C(=O)NC1CCCC1. The Morgan fingerprint density at radius 3 is 2.70 bits per heavy atom. The maximum absolute atomic E-state index is 13.4. The van der Waals surface area contributed by atoms with E-state index in [2.05, 4.69) is 10.6 Å². The van der Waals surface area contributed by atoms with Crippen LogP contribution in [-0.2, 0) is 11.3 Å². The van der Waals surface area contributed by atoms with Gasteiger partial charge in [0.25, 0.3) is 0 Å². The van der Waals surface area contributed by atoms with E-state index in [0.29, 0.717) is 5.56 Å². The highest BCUT2D eigenvalue weighted by molar-refractivity contribution is 5.81. The molecule has 2 N–H and O–H groups in total. The third-order valence-corrected chi connectivity index (χ3v) is 3.71. The molecular formula is C15H20F2N2O. The van der Waals surface area contributed by atoms with Gasteiger partial charge in [-0.05, 0) is 25.8 Å². The van der Waals surface area contributed by atoms with Gasteiger partial charge in [-0.2, -0.15) is 0 Å². The lowest BCUT2D eigenvalue weighted by atomic mass is 10.2. The molecule has 20 heavy (non-hydrogen) atoms. The summed E-state index contributed by atoms with van der Waals surface area (Å²) in [5.41, 5.74) is 0.354. The summed E-state index contributed by atoms with van der Waals surface area (Å²) in [5.74, 6) is -1.27. The zero-order chi connectivity index (χ0) is 14.5. The van der Waals surface area contributed by atoms with Crippen LogP contribution in [0.1, 0.15) is 38.2 Å². The quantitative estimate of drug-likeness (QED) is 0.871. The smallest absolute Gasteiger partial charge is 0.237 e. The van der Waals surface area contributed by atoms with E-state index in [1.165, 1.54) is 12.1 Å². The first-order chi connectivity index (χ1) is 9.56. The largest absolute Gasteiger partial charge is 0.352 e. The van der Waals surface area contributed by atoms with Crippen LogP contribution in [0.2, 0.25) is 0 Å². The molecule has 0 aliphatic heterocycles. The molecule has 1 atom stereocenters. The predicted molar refractivity (Wildman–Crippen MR) is 73.1 cm³/mol. The molecule has 1 aromatic carbocycles. The van der Waals surface area contributed by atoms with E-state index in [9.17, 15) is 13.6 Å². The molecule has 0 spiro atoms. The molecule has 2 rings (SSSR count). The zero-order valence-electron chi connectivity index (χ0n) is 11.6. The summed E-state index contributed by atoms with van der Waals surface area (Å²) in [6.45, 7) is 1.94. The first-order valence-corrected chi connectivity index (χ1v) is 7.04. The minimum atomic E-state index is -0.599. The van der Waals surface area contributed by atoms with Crippen LogP contribution >= 0.6 is 0 Å². The third kappa shape index (κ3) is 4.00. The molecule has 1 saturated carbocycles. The minimum absolute atomic E-state index is 0.0700. The van der Waals surface area contributed by atoms with Crippen molar-refractivity contribution in [3.8, 4) is 0 Å². The van der Waals surface area contributed by atoms with Gasteiger partial charge in [0.2, 0.25) is 5.91 Å². The van der Waals surface area contributed by atoms with Crippen LogP contribution in [0.25, 0.3) is 0 Å². The molecule has 1 aromatic rings. The molecular weight excluding hydrogens is 262 g/mol. The second-order valence-corrected chi connectivity index (χ2v) is 5.33. The van der Waals surface area contributed by atoms with Crippen molar-refractivity contribution >= 4 is 5.91 Å². The van der Waals surface area contributed by atoms with Crippen LogP contribution in [0.3, 0.4) is 0 Å². The van der Waals surface area contributed by atoms with Crippen molar-refractivity contribution in [2.75, 3.05) is 0 Å². The first kappa shape index (κ1) is 14.9. The lowest BCUT2D eigenvalue weighted by Gasteiger charge is -2.18. The summed E-state index contributed by atoms with van der Waals surface area (Å²) >= 11 is 0. The molecule has 0 radical (unpaired) electrons. The molecule has 0 bridgehead atoms. The van der Waals surface area contributed by atoms with E-state index in [1.54, 1.807) is 6.92 Å². The fourth-order valence-corrected chi connectivity index (χ4v) is 2.42. The number of carbonyl (C=O) groups is 1. The molecule has 0 saturated heterocycles. The highest BCUT2D eigenvalue weighted by Crippen LogP contribution is 2.17. The monoisotopic (exact) mass is 282 g/mol. The van der Waals surface area contributed by atoms with Crippen LogP contribution in [-0.4, -0.2) is 18.0 Å². The normalized spacial score (nSPS) is 17.1. The molecule has 1 aliphatic rings. The Hall–Kier alpha value is -1.49. The number of hydrogen-bond acceptors (Lipinski definition) is 2. The maximum atomic E-state index is 13.4. The van der Waals surface area contributed by atoms with Gasteiger partial charge in [-0.25, -0.2) is 8.78 Å². The number of nitrogens with one attached hydrogen (secondary N) is 2. The minimum Gasteiger partial charge on any atom is -0.352 e. The molecule has 0 aromatic heterocycles. The van der Waals surface area contributed by atoms with Crippen molar-refractivity contribution in [3.63, 3.8) is 0 Å². The average molecular weight is 282 g/mol. The summed E-state index contributed by atoms with van der Waals surface area (Å²) in [6.07, 6.45) is 4.39. The van der Waals surface area contributed by atoms with Crippen molar-refractivity contribution in [1.82, 2.24) is 10.6 Å². The van der Waals surface area contributed by atoms with Gasteiger partial charge in [-0.15, -0.1) is 0 Å². The van der Waals surface area contributed by atoms with Crippen LogP contribution in [0.5, 0.6) is 0 Å². The van der Waals surface area contributed by atoms with Crippen LogP contribution in [0.4, 0.5) is 8.78 Å². The third-order valence-electron chi connectivity index (χ3n) is 3.71. The molecule has 5 heteroatoms. The standard InChI is InChI=1S/C15H20F2N2O/c1-10(15(20)19-13-4-2-3-5-13)18-9-11-6-7-12(16)8-14(11)17/h6-8,10,13,18H,2-5,9H2,1H3,(H,19,20). The zero-order valence-corrected chi connectivity index (χ0v) is 11.6. The van der Waals surface area contributed by atoms with Crippen LogP contribution < -0.4 is 10.6 Å². The van der Waals surface area contributed by atoms with Gasteiger partial charge in [-0.3, -0.25) is 4.79 Å². The van der Waals surface area contributed by atoms with Gasteiger partial charge in [-0.1, -0.05) is 18.9 Å². The Balaban J connectivity index is 1.81. The predicted octanol–water partition coefficient (Wildman–Crippen LogP) is 2.50. The maximum Gasteiger partial charge on any atom is 0.237 e. The van der Waals surface area contributed by atoms with Crippen LogP contribution in [0, 0.1) is 11.6 Å². The van der Waals surface area contributed by atoms with Gasteiger partial charge in [0.1, 0.15) is 11.6 Å². The number of rotatable bonds is 5. The summed E-state index contributed by atoms with van der Waals surface area (Å²) in [5, 5.41) is 5.94. The van der Waals surface area contributed by atoms with E-state index < -0.39 is 17.7 Å². The molecule has 1 fully saturated rings. The van der Waals surface area contributed by atoms with Crippen molar-refractivity contribution in [2.24, 2.45) is 0 Å². The number of carbonyl (C=O) groups excluding carboxylic acids is 1. The number of halogens is 2. The number of hydrogen-bond donors (Lipinski definition) is 2. The molecule has 0 heterocycles. The van der Waals surface area contributed by atoms with E-state index in [0.717, 1.165) is 31.7 Å².